The van der Waals surface area contributed by atoms with Gasteiger partial charge in [0.2, 0.25) is 5.91 Å². The number of carbonyl (C=O) groups excluding carboxylic acids is 1. The van der Waals surface area contributed by atoms with Crippen LogP contribution >= 0.6 is 0 Å². The average Bonchev–Trinajstić information content (AvgIpc) is 2.99. The van der Waals surface area contributed by atoms with E-state index < -0.39 is 5.97 Å². The minimum absolute atomic E-state index is 0.0172. The highest BCUT2D eigenvalue weighted by atomic mass is 16.5. The third kappa shape index (κ3) is 4.37. The molecule has 1 saturated heterocycles. The molecular formula is C17H23NO5. The molecule has 1 aromatic carbocycles. The number of ether oxygens (including phenoxy) is 2. The van der Waals surface area contributed by atoms with E-state index in [0.29, 0.717) is 30.9 Å². The summed E-state index contributed by atoms with van der Waals surface area (Å²) in [5, 5.41) is 8.92. The van der Waals surface area contributed by atoms with Gasteiger partial charge in [-0.2, -0.15) is 0 Å². The first-order valence-corrected chi connectivity index (χ1v) is 7.77. The Kier molecular flexibility index (Phi) is 5.84. The molecule has 0 saturated carbocycles. The van der Waals surface area contributed by atoms with Crippen LogP contribution in [0, 0.1) is 0 Å². The lowest BCUT2D eigenvalue weighted by Gasteiger charge is -2.23. The Morgan fingerprint density at radius 1 is 1.26 bits per heavy atom. The number of benzene rings is 1. The maximum Gasteiger partial charge on any atom is 0.305 e. The van der Waals surface area contributed by atoms with Crippen molar-refractivity contribution in [2.24, 2.45) is 0 Å². The summed E-state index contributed by atoms with van der Waals surface area (Å²) in [6.07, 6.45) is 2.64. The highest BCUT2D eigenvalue weighted by Crippen LogP contribution is 2.28. The van der Waals surface area contributed by atoms with Crippen molar-refractivity contribution in [2.75, 3.05) is 20.8 Å². The number of aliphatic carboxylic acids is 1. The van der Waals surface area contributed by atoms with Gasteiger partial charge in [0.15, 0.2) is 11.5 Å². The van der Waals surface area contributed by atoms with Crippen LogP contribution in [0.5, 0.6) is 11.5 Å². The fourth-order valence-corrected chi connectivity index (χ4v) is 3.01. The molecule has 1 N–H and O–H groups in total. The number of nitrogens with zero attached hydrogens (tertiary/aromatic N) is 1. The molecule has 1 atom stereocenters. The van der Waals surface area contributed by atoms with Crippen LogP contribution < -0.4 is 9.47 Å². The SMILES string of the molecule is COc1ccc(CCC(=O)N2CCCC2CC(=O)O)cc1OC. The number of carboxylic acids is 1. The number of rotatable bonds is 7. The summed E-state index contributed by atoms with van der Waals surface area (Å²) in [5.41, 5.74) is 0.991. The number of carboxylic acid groups (broad SMARTS) is 1. The van der Waals surface area contributed by atoms with Gasteiger partial charge in [-0.25, -0.2) is 0 Å². The molecular weight excluding hydrogens is 298 g/mol. The zero-order valence-electron chi connectivity index (χ0n) is 13.6. The predicted molar refractivity (Wildman–Crippen MR) is 84.9 cm³/mol. The largest absolute Gasteiger partial charge is 0.493 e. The second-order valence-corrected chi connectivity index (χ2v) is 5.67. The Morgan fingerprint density at radius 3 is 2.65 bits per heavy atom. The van der Waals surface area contributed by atoms with Gasteiger partial charge < -0.3 is 19.5 Å². The summed E-state index contributed by atoms with van der Waals surface area (Å²) in [4.78, 5) is 25.0. The maximum absolute atomic E-state index is 12.4. The number of hydrogen-bond acceptors (Lipinski definition) is 4. The standard InChI is InChI=1S/C17H23NO5/c1-22-14-7-5-12(10-15(14)23-2)6-8-16(19)18-9-3-4-13(18)11-17(20)21/h5,7,10,13H,3-4,6,8-9,11H2,1-2H3,(H,20,21). The van der Waals surface area contributed by atoms with Crippen LogP contribution in [0.25, 0.3) is 0 Å². The zero-order chi connectivity index (χ0) is 16.8. The Morgan fingerprint density at radius 2 is 2.00 bits per heavy atom. The number of amides is 1. The van der Waals surface area contributed by atoms with Crippen LogP contribution in [0.15, 0.2) is 18.2 Å². The van der Waals surface area contributed by atoms with Gasteiger partial charge in [0.05, 0.1) is 20.6 Å². The van der Waals surface area contributed by atoms with Gasteiger partial charge in [-0.15, -0.1) is 0 Å². The van der Waals surface area contributed by atoms with E-state index in [1.165, 1.54) is 0 Å². The van der Waals surface area contributed by atoms with Crippen LogP contribution in [-0.2, 0) is 16.0 Å². The van der Waals surface area contributed by atoms with Gasteiger partial charge in [0.1, 0.15) is 0 Å². The van der Waals surface area contributed by atoms with Crippen molar-refractivity contribution in [3.8, 4) is 11.5 Å². The van der Waals surface area contributed by atoms with Crippen LogP contribution in [0.3, 0.4) is 0 Å². The molecule has 2 rings (SSSR count). The van der Waals surface area contributed by atoms with E-state index in [1.54, 1.807) is 19.1 Å². The number of likely N-dealkylation sites (tertiary alicyclic amines) is 1. The third-order valence-corrected chi connectivity index (χ3v) is 4.18. The lowest BCUT2D eigenvalue weighted by Crippen LogP contribution is -2.36. The first kappa shape index (κ1) is 17.1. The van der Waals surface area contributed by atoms with Crippen LogP contribution in [0.2, 0.25) is 0 Å². The van der Waals surface area contributed by atoms with Gasteiger partial charge in [-0.3, -0.25) is 9.59 Å². The summed E-state index contributed by atoms with van der Waals surface area (Å²) in [6.45, 7) is 0.655. The summed E-state index contributed by atoms with van der Waals surface area (Å²) in [6, 6.07) is 5.44. The highest BCUT2D eigenvalue weighted by Gasteiger charge is 2.29. The van der Waals surface area contributed by atoms with Crippen LogP contribution in [0.1, 0.15) is 31.2 Å². The van der Waals surface area contributed by atoms with E-state index in [0.717, 1.165) is 18.4 Å². The molecule has 0 spiro atoms. The summed E-state index contributed by atoms with van der Waals surface area (Å²) in [5.74, 6) is 0.462. The van der Waals surface area contributed by atoms with Gasteiger partial charge in [0.25, 0.3) is 0 Å². The van der Waals surface area contributed by atoms with E-state index in [4.69, 9.17) is 14.6 Å². The number of hydrogen-bond donors (Lipinski definition) is 1. The fraction of sp³-hybridized carbons (Fsp3) is 0.529. The van der Waals surface area contributed by atoms with Gasteiger partial charge >= 0.3 is 5.97 Å². The Balaban J connectivity index is 1.95. The molecule has 1 aromatic rings. The normalized spacial score (nSPS) is 17.1. The smallest absolute Gasteiger partial charge is 0.305 e. The average molecular weight is 321 g/mol. The quantitative estimate of drug-likeness (QED) is 0.832. The molecule has 1 aliphatic rings. The van der Waals surface area contributed by atoms with Crippen molar-refractivity contribution in [2.45, 2.75) is 38.1 Å². The topological polar surface area (TPSA) is 76.1 Å². The monoisotopic (exact) mass is 321 g/mol. The Hall–Kier alpha value is -2.24. The number of carbonyl (C=O) groups is 2. The first-order valence-electron chi connectivity index (χ1n) is 7.77. The molecule has 1 heterocycles. The van der Waals surface area contributed by atoms with Crippen LogP contribution in [0.4, 0.5) is 0 Å². The summed E-state index contributed by atoms with van der Waals surface area (Å²) >= 11 is 0. The molecule has 0 bridgehead atoms. The molecule has 1 unspecified atom stereocenters. The minimum Gasteiger partial charge on any atom is -0.493 e. The summed E-state index contributed by atoms with van der Waals surface area (Å²) < 4.78 is 10.5. The van der Waals surface area contributed by atoms with E-state index in [9.17, 15) is 9.59 Å². The fourth-order valence-electron chi connectivity index (χ4n) is 3.01. The van der Waals surface area contributed by atoms with E-state index in [1.807, 2.05) is 18.2 Å². The molecule has 1 aliphatic heterocycles. The lowest BCUT2D eigenvalue weighted by atomic mass is 10.1. The molecule has 6 heteroatoms. The Labute approximate surface area is 136 Å². The molecule has 1 amide bonds. The van der Waals surface area contributed by atoms with Crippen molar-refractivity contribution >= 4 is 11.9 Å². The molecule has 23 heavy (non-hydrogen) atoms. The van der Waals surface area contributed by atoms with Gasteiger partial charge in [0, 0.05) is 19.0 Å². The third-order valence-electron chi connectivity index (χ3n) is 4.18. The molecule has 126 valence electrons. The zero-order valence-corrected chi connectivity index (χ0v) is 13.6. The molecule has 0 aliphatic carbocycles. The second kappa shape index (κ2) is 7.85. The molecule has 1 fully saturated rings. The van der Waals surface area contributed by atoms with E-state index >= 15 is 0 Å². The van der Waals surface area contributed by atoms with E-state index in [-0.39, 0.29) is 18.4 Å². The van der Waals surface area contributed by atoms with Crippen LogP contribution in [-0.4, -0.2) is 48.7 Å². The number of methoxy groups -OCH3 is 2. The minimum atomic E-state index is -0.852. The highest BCUT2D eigenvalue weighted by molar-refractivity contribution is 5.78. The second-order valence-electron chi connectivity index (χ2n) is 5.67. The van der Waals surface area contributed by atoms with Gasteiger partial charge in [-0.05, 0) is 37.0 Å². The van der Waals surface area contributed by atoms with Crippen molar-refractivity contribution in [1.29, 1.82) is 0 Å². The molecule has 0 aromatic heterocycles. The number of aryl methyl sites for hydroxylation is 1. The van der Waals surface area contributed by atoms with Crippen molar-refractivity contribution in [3.05, 3.63) is 23.8 Å². The Bertz CT molecular complexity index is 572. The van der Waals surface area contributed by atoms with Crippen molar-refractivity contribution < 1.29 is 24.2 Å². The summed E-state index contributed by atoms with van der Waals surface area (Å²) in [7, 11) is 3.16. The van der Waals surface area contributed by atoms with Gasteiger partial charge in [-0.1, -0.05) is 6.07 Å². The van der Waals surface area contributed by atoms with E-state index in [2.05, 4.69) is 0 Å². The predicted octanol–water partition coefficient (Wildman–Crippen LogP) is 2.10. The molecule has 0 radical (unpaired) electrons. The van der Waals surface area contributed by atoms with Crippen molar-refractivity contribution in [1.82, 2.24) is 4.90 Å². The first-order chi connectivity index (χ1) is 11.0. The molecule has 6 nitrogen and oxygen atoms in total. The lowest BCUT2D eigenvalue weighted by molar-refractivity contribution is -0.139. The maximum atomic E-state index is 12.4. The van der Waals surface area contributed by atoms with Crippen molar-refractivity contribution in [3.63, 3.8) is 0 Å².